The topological polar surface area (TPSA) is 110 Å². The molecule has 6 nitrogen and oxygen atoms in total. The van der Waals surface area contributed by atoms with E-state index >= 15 is 0 Å². The van der Waals surface area contributed by atoms with E-state index < -0.39 is 30.7 Å². The molecule has 0 amide bonds. The lowest BCUT2D eigenvalue weighted by molar-refractivity contribution is -0.181. The van der Waals surface area contributed by atoms with Crippen molar-refractivity contribution in [2.45, 2.75) is 30.7 Å². The maximum Gasteiger partial charge on any atom is 0.183 e. The summed E-state index contributed by atoms with van der Waals surface area (Å²) in [5.41, 5.74) is 0. The third-order valence-electron chi connectivity index (χ3n) is 1.82. The number of hydrogen-bond acceptors (Lipinski definition) is 6. The Morgan fingerprint density at radius 1 is 0.833 bits per heavy atom. The van der Waals surface area contributed by atoms with Crippen LogP contribution in [0.2, 0.25) is 0 Å². The summed E-state index contributed by atoms with van der Waals surface area (Å²) in [6, 6.07) is 0. The normalized spacial score (nSPS) is 50.2. The summed E-state index contributed by atoms with van der Waals surface area (Å²) in [6.07, 6.45) is -7.58. The van der Waals surface area contributed by atoms with Crippen LogP contribution in [0.3, 0.4) is 0 Å². The van der Waals surface area contributed by atoms with Gasteiger partial charge >= 0.3 is 0 Å². The van der Waals surface area contributed by atoms with E-state index in [0.29, 0.717) is 0 Å². The first kappa shape index (κ1) is 9.85. The average molecular weight is 180 g/mol. The highest BCUT2D eigenvalue weighted by Crippen LogP contribution is 2.14. The molecule has 1 aliphatic rings. The fourth-order valence-corrected chi connectivity index (χ4v) is 0.993. The Labute approximate surface area is 68.6 Å². The standard InChI is InChI=1S/C6H12O6/c7-2-1-12-6(11)5(10)4(9)3(2)8/h2-11H,1H2/t2-,3+,4+,5-,6+/m1/s1. The summed E-state index contributed by atoms with van der Waals surface area (Å²) in [5, 5.41) is 45.1. The van der Waals surface area contributed by atoms with Crippen molar-refractivity contribution < 1.29 is 30.3 Å². The zero-order chi connectivity index (χ0) is 9.30. The van der Waals surface area contributed by atoms with Gasteiger partial charge in [-0.15, -0.1) is 0 Å². The Kier molecular flexibility index (Phi) is 2.99. The van der Waals surface area contributed by atoms with Crippen LogP contribution in [0.15, 0.2) is 0 Å². The minimum absolute atomic E-state index is 0.323. The first-order chi connectivity index (χ1) is 5.54. The van der Waals surface area contributed by atoms with Crippen LogP contribution in [0.4, 0.5) is 0 Å². The van der Waals surface area contributed by atoms with E-state index in [1.54, 1.807) is 0 Å². The van der Waals surface area contributed by atoms with E-state index in [0.717, 1.165) is 0 Å². The van der Waals surface area contributed by atoms with Crippen molar-refractivity contribution in [3.05, 3.63) is 0 Å². The lowest BCUT2D eigenvalue weighted by Gasteiger charge is -2.22. The third-order valence-corrected chi connectivity index (χ3v) is 1.82. The molecule has 0 aromatic heterocycles. The SMILES string of the molecule is O[C@H]1[C@@H](O)[C@H](O)CO[C@H](O)[C@@H]1O. The molecule has 0 unspecified atom stereocenters. The second-order valence-corrected chi connectivity index (χ2v) is 2.76. The molecule has 0 aromatic carbocycles. The molecule has 72 valence electrons. The van der Waals surface area contributed by atoms with Gasteiger partial charge in [0, 0.05) is 0 Å². The van der Waals surface area contributed by atoms with Gasteiger partial charge in [-0.3, -0.25) is 0 Å². The molecule has 12 heavy (non-hydrogen) atoms. The predicted octanol–water partition coefficient (Wildman–Crippen LogP) is -3.22. The largest absolute Gasteiger partial charge is 0.388 e. The van der Waals surface area contributed by atoms with Crippen molar-refractivity contribution in [3.8, 4) is 0 Å². The van der Waals surface area contributed by atoms with Crippen LogP contribution in [0.25, 0.3) is 0 Å². The van der Waals surface area contributed by atoms with Crippen molar-refractivity contribution >= 4 is 0 Å². The minimum atomic E-state index is -1.60. The second kappa shape index (κ2) is 3.65. The van der Waals surface area contributed by atoms with Crippen LogP contribution < -0.4 is 0 Å². The van der Waals surface area contributed by atoms with Crippen LogP contribution in [0.5, 0.6) is 0 Å². The molecule has 0 aromatic rings. The van der Waals surface area contributed by atoms with Gasteiger partial charge in [0.25, 0.3) is 0 Å². The van der Waals surface area contributed by atoms with Crippen molar-refractivity contribution in [2.75, 3.05) is 6.61 Å². The van der Waals surface area contributed by atoms with Crippen LogP contribution >= 0.6 is 0 Å². The van der Waals surface area contributed by atoms with Gasteiger partial charge in [0.2, 0.25) is 0 Å². The van der Waals surface area contributed by atoms with E-state index in [1.807, 2.05) is 0 Å². The van der Waals surface area contributed by atoms with E-state index in [-0.39, 0.29) is 6.61 Å². The molecule has 5 N–H and O–H groups in total. The quantitative estimate of drug-likeness (QED) is 0.268. The lowest BCUT2D eigenvalue weighted by Crippen LogP contribution is -2.46. The highest BCUT2D eigenvalue weighted by molar-refractivity contribution is 4.85. The predicted molar refractivity (Wildman–Crippen MR) is 36.0 cm³/mol. The molecular formula is C6H12O6. The van der Waals surface area contributed by atoms with Gasteiger partial charge in [0.1, 0.15) is 24.4 Å². The molecular weight excluding hydrogens is 168 g/mol. The molecule has 6 heteroatoms. The third kappa shape index (κ3) is 1.74. The van der Waals surface area contributed by atoms with Crippen LogP contribution in [0, 0.1) is 0 Å². The van der Waals surface area contributed by atoms with Crippen molar-refractivity contribution in [1.82, 2.24) is 0 Å². The van der Waals surface area contributed by atoms with E-state index in [4.69, 9.17) is 25.5 Å². The Morgan fingerprint density at radius 2 is 1.42 bits per heavy atom. The molecule has 0 radical (unpaired) electrons. The summed E-state index contributed by atoms with van der Waals surface area (Å²) in [6.45, 7) is -0.323. The number of rotatable bonds is 0. The van der Waals surface area contributed by atoms with Crippen molar-refractivity contribution in [2.24, 2.45) is 0 Å². The molecule has 0 bridgehead atoms. The number of hydrogen-bond donors (Lipinski definition) is 5. The van der Waals surface area contributed by atoms with Crippen molar-refractivity contribution in [1.29, 1.82) is 0 Å². The number of ether oxygens (including phenoxy) is 1. The van der Waals surface area contributed by atoms with E-state index in [9.17, 15) is 0 Å². The molecule has 0 aliphatic carbocycles. The Hall–Kier alpha value is -0.240. The van der Waals surface area contributed by atoms with Gasteiger partial charge in [-0.05, 0) is 0 Å². The van der Waals surface area contributed by atoms with Crippen LogP contribution in [-0.4, -0.2) is 62.8 Å². The number of aliphatic hydroxyl groups excluding tert-OH is 5. The second-order valence-electron chi connectivity index (χ2n) is 2.76. The number of aliphatic hydroxyl groups is 5. The zero-order valence-corrected chi connectivity index (χ0v) is 6.24. The summed E-state index contributed by atoms with van der Waals surface area (Å²) >= 11 is 0. The zero-order valence-electron chi connectivity index (χ0n) is 6.24. The van der Waals surface area contributed by atoms with Gasteiger partial charge in [0.05, 0.1) is 6.61 Å². The molecule has 1 heterocycles. The van der Waals surface area contributed by atoms with Crippen LogP contribution in [0.1, 0.15) is 0 Å². The maximum atomic E-state index is 9.07. The Morgan fingerprint density at radius 3 is 2.00 bits per heavy atom. The highest BCUT2D eigenvalue weighted by Gasteiger charge is 2.38. The average Bonchev–Trinajstić information content (AvgIpc) is 2.14. The smallest absolute Gasteiger partial charge is 0.183 e. The summed E-state index contributed by atoms with van der Waals surface area (Å²) in [5.74, 6) is 0. The van der Waals surface area contributed by atoms with Crippen molar-refractivity contribution in [3.63, 3.8) is 0 Å². The maximum absolute atomic E-state index is 9.07. The van der Waals surface area contributed by atoms with Gasteiger partial charge in [-0.2, -0.15) is 0 Å². The molecule has 1 saturated heterocycles. The first-order valence-corrected chi connectivity index (χ1v) is 3.56. The summed E-state index contributed by atoms with van der Waals surface area (Å²) < 4.78 is 4.50. The van der Waals surface area contributed by atoms with E-state index in [1.165, 1.54) is 0 Å². The molecule has 0 saturated carbocycles. The molecule has 1 fully saturated rings. The summed E-state index contributed by atoms with van der Waals surface area (Å²) in [7, 11) is 0. The fourth-order valence-electron chi connectivity index (χ4n) is 0.993. The monoisotopic (exact) mass is 180 g/mol. The van der Waals surface area contributed by atoms with Gasteiger partial charge in [-0.25, -0.2) is 0 Å². The minimum Gasteiger partial charge on any atom is -0.388 e. The van der Waals surface area contributed by atoms with Gasteiger partial charge in [-0.1, -0.05) is 0 Å². The molecule has 1 aliphatic heterocycles. The van der Waals surface area contributed by atoms with Crippen LogP contribution in [-0.2, 0) is 4.74 Å². The molecule has 5 atom stereocenters. The highest BCUT2D eigenvalue weighted by atomic mass is 16.6. The molecule has 1 rings (SSSR count). The summed E-state index contributed by atoms with van der Waals surface area (Å²) in [4.78, 5) is 0. The van der Waals surface area contributed by atoms with Gasteiger partial charge in [0.15, 0.2) is 6.29 Å². The molecule has 0 spiro atoms. The Balaban J connectivity index is 2.68. The van der Waals surface area contributed by atoms with E-state index in [2.05, 4.69) is 4.74 Å². The first-order valence-electron chi connectivity index (χ1n) is 3.56. The lowest BCUT2D eigenvalue weighted by atomic mass is 10.0. The fraction of sp³-hybridized carbons (Fsp3) is 1.00. The Bertz CT molecular complexity index is 135. The van der Waals surface area contributed by atoms with Gasteiger partial charge < -0.3 is 30.3 Å².